The topological polar surface area (TPSA) is 282 Å². The van der Waals surface area contributed by atoms with Crippen molar-refractivity contribution >= 4 is 53.0 Å². The first-order valence-corrected chi connectivity index (χ1v) is 16.3. The van der Waals surface area contributed by atoms with Crippen LogP contribution in [-0.2, 0) is 72.5 Å². The highest BCUT2D eigenvalue weighted by atomic mass is 32.3. The monoisotopic (exact) mass is 651 g/mol. The highest BCUT2D eigenvalue weighted by molar-refractivity contribution is 8.02. The van der Waals surface area contributed by atoms with Gasteiger partial charge < -0.3 is 24.6 Å². The van der Waals surface area contributed by atoms with E-state index in [0.717, 1.165) is 8.25 Å². The van der Waals surface area contributed by atoms with E-state index in [4.69, 9.17) is 19.3 Å². The number of hydrogen-bond acceptors (Lipinski definition) is 17. The lowest BCUT2D eigenvalue weighted by Crippen LogP contribution is -2.40. The van der Waals surface area contributed by atoms with Gasteiger partial charge in [0.25, 0.3) is 0 Å². The van der Waals surface area contributed by atoms with Gasteiger partial charge in [-0.2, -0.15) is 25.3 Å². The number of hydrogen-bond donors (Lipinski definition) is 4. The molecule has 0 heterocycles. The van der Waals surface area contributed by atoms with Gasteiger partial charge in [-0.3, -0.25) is 12.5 Å². The molecule has 20 nitrogen and oxygen atoms in total. The number of ether oxygens (including phenoxy) is 3. The number of amides is 1. The number of sulfonamides is 1. The number of nitrogens with one attached hydrogen (secondary N) is 3. The van der Waals surface area contributed by atoms with Gasteiger partial charge in [0.2, 0.25) is 10.0 Å². The van der Waals surface area contributed by atoms with Crippen LogP contribution in [-0.4, -0.2) is 116 Å². The SMILES string of the molecule is C=C(C)C(=O)OCCNC(=O)OC(COS(=O)(=O)NS(C)(=O)=O)COS(=O)(=O)NS(=O)(=O)OCCOCCO. The average molecular weight is 652 g/mol. The Morgan fingerprint density at radius 1 is 0.821 bits per heavy atom. The second-order valence-corrected chi connectivity index (χ2v) is 13.2. The van der Waals surface area contributed by atoms with Crippen molar-refractivity contribution in [2.24, 2.45) is 0 Å². The maximum Gasteiger partial charge on any atom is 0.407 e. The molecule has 0 aromatic heterocycles. The second kappa shape index (κ2) is 17.0. The van der Waals surface area contributed by atoms with Crippen molar-refractivity contribution in [3.8, 4) is 0 Å². The average Bonchev–Trinajstić information content (AvgIpc) is 2.75. The van der Waals surface area contributed by atoms with Crippen molar-refractivity contribution in [1.29, 1.82) is 0 Å². The summed E-state index contributed by atoms with van der Waals surface area (Å²) in [6.45, 7) is 0.145. The third-order valence-electron chi connectivity index (χ3n) is 3.20. The molecule has 4 N–H and O–H groups in total. The van der Waals surface area contributed by atoms with Crippen LogP contribution in [0.3, 0.4) is 0 Å². The molecule has 0 aliphatic rings. The van der Waals surface area contributed by atoms with Gasteiger partial charge in [0.1, 0.15) is 19.8 Å². The van der Waals surface area contributed by atoms with E-state index in [9.17, 15) is 43.3 Å². The summed E-state index contributed by atoms with van der Waals surface area (Å²) < 4.78 is 122. The fourth-order valence-electron chi connectivity index (χ4n) is 1.81. The molecule has 0 fully saturated rings. The number of rotatable bonds is 21. The first kappa shape index (κ1) is 37.0. The maximum absolute atomic E-state index is 12.0. The minimum absolute atomic E-state index is 0.0770. The summed E-state index contributed by atoms with van der Waals surface area (Å²) in [5, 5.41) is 10.6. The van der Waals surface area contributed by atoms with Crippen LogP contribution in [0.25, 0.3) is 0 Å². The van der Waals surface area contributed by atoms with Crippen LogP contribution in [0.5, 0.6) is 0 Å². The van der Waals surface area contributed by atoms with Gasteiger partial charge in [-0.25, -0.2) is 18.0 Å². The minimum atomic E-state index is -5.18. The van der Waals surface area contributed by atoms with E-state index in [1.165, 1.54) is 6.92 Å². The van der Waals surface area contributed by atoms with Gasteiger partial charge in [0.05, 0.1) is 39.2 Å². The van der Waals surface area contributed by atoms with E-state index in [0.29, 0.717) is 6.26 Å². The first-order valence-electron chi connectivity index (χ1n) is 10.2. The van der Waals surface area contributed by atoms with Gasteiger partial charge in [-0.15, -0.1) is 0 Å². The zero-order valence-corrected chi connectivity index (χ0v) is 23.8. The number of aliphatic hydroxyl groups excluding tert-OH is 1. The molecule has 0 aliphatic heterocycles. The molecule has 0 spiro atoms. The summed E-state index contributed by atoms with van der Waals surface area (Å²) in [6.07, 6.45) is -2.74. The molecule has 0 aromatic carbocycles. The standard InChI is InChI=1S/C15H29N3O17S4/c1-12(2)14(20)31-6-4-16-15(21)35-13(10-33-37(24,25)17-36(3,22)23)11-34-39(28,29)18-38(26,27)32-9-8-30-7-5-19/h13,17-19H,1,4-11H2,2-3H3,(H,16,21). The predicted molar refractivity (Wildman–Crippen MR) is 128 cm³/mol. The Morgan fingerprint density at radius 2 is 1.36 bits per heavy atom. The zero-order valence-electron chi connectivity index (χ0n) is 20.6. The van der Waals surface area contributed by atoms with Gasteiger partial charge in [-0.1, -0.05) is 14.8 Å². The van der Waals surface area contributed by atoms with Crippen molar-refractivity contribution in [2.75, 3.05) is 59.0 Å². The fourth-order valence-corrected chi connectivity index (χ4v) is 5.82. The highest BCUT2D eigenvalue weighted by Gasteiger charge is 2.27. The molecular formula is C15H29N3O17S4. The number of alkyl carbamates (subject to hydrolysis) is 1. The Morgan fingerprint density at radius 3 is 1.87 bits per heavy atom. The molecular weight excluding hydrogens is 622 g/mol. The Labute approximate surface area is 225 Å². The van der Waals surface area contributed by atoms with Crippen LogP contribution >= 0.6 is 0 Å². The molecule has 0 aromatic rings. The van der Waals surface area contributed by atoms with E-state index in [2.05, 4.69) is 24.4 Å². The van der Waals surface area contributed by atoms with Crippen molar-refractivity contribution in [3.05, 3.63) is 12.2 Å². The molecule has 230 valence electrons. The lowest BCUT2D eigenvalue weighted by Gasteiger charge is -2.18. The van der Waals surface area contributed by atoms with E-state index in [1.807, 2.05) is 0 Å². The van der Waals surface area contributed by atoms with Crippen LogP contribution in [0, 0.1) is 0 Å². The Kier molecular flexibility index (Phi) is 16.1. The lowest BCUT2D eigenvalue weighted by molar-refractivity contribution is -0.138. The number of carbonyl (C=O) groups is 2. The molecule has 0 aliphatic carbocycles. The third-order valence-corrected chi connectivity index (χ3v) is 8.23. The third kappa shape index (κ3) is 20.6. The largest absolute Gasteiger partial charge is 0.460 e. The molecule has 1 amide bonds. The van der Waals surface area contributed by atoms with Gasteiger partial charge >= 0.3 is 43.0 Å². The number of esters is 1. The fraction of sp³-hybridized carbons (Fsp3) is 0.733. The van der Waals surface area contributed by atoms with Crippen molar-refractivity contribution < 1.29 is 75.1 Å². The molecule has 24 heteroatoms. The van der Waals surface area contributed by atoms with Crippen LogP contribution in [0.4, 0.5) is 4.79 Å². The van der Waals surface area contributed by atoms with Crippen LogP contribution in [0.1, 0.15) is 6.92 Å². The number of carbonyl (C=O) groups excluding carboxylic acids is 2. The first-order chi connectivity index (χ1) is 17.8. The minimum Gasteiger partial charge on any atom is -0.460 e. The molecule has 39 heavy (non-hydrogen) atoms. The molecule has 0 radical (unpaired) electrons. The quantitative estimate of drug-likeness (QED) is 0.0524. The Hall–Kier alpha value is -2.00. The van der Waals surface area contributed by atoms with Gasteiger partial charge in [0.15, 0.2) is 6.10 Å². The van der Waals surface area contributed by atoms with Crippen LogP contribution < -0.4 is 13.6 Å². The van der Waals surface area contributed by atoms with E-state index < -0.39 is 78.9 Å². The Bertz CT molecular complexity index is 1250. The molecule has 1 unspecified atom stereocenters. The summed E-state index contributed by atoms with van der Waals surface area (Å²) in [4.78, 5) is 23.2. The predicted octanol–water partition coefficient (Wildman–Crippen LogP) is -3.87. The summed E-state index contributed by atoms with van der Waals surface area (Å²) >= 11 is 0. The summed E-state index contributed by atoms with van der Waals surface area (Å²) in [7, 11) is -19.4. The lowest BCUT2D eigenvalue weighted by atomic mass is 10.4. The highest BCUT2D eigenvalue weighted by Crippen LogP contribution is 2.04. The van der Waals surface area contributed by atoms with Crippen LogP contribution in [0.2, 0.25) is 0 Å². The summed E-state index contributed by atoms with van der Waals surface area (Å²) in [5.41, 5.74) is 0.0770. The van der Waals surface area contributed by atoms with Crippen molar-refractivity contribution in [3.63, 3.8) is 0 Å². The van der Waals surface area contributed by atoms with E-state index >= 15 is 0 Å². The van der Waals surface area contributed by atoms with Crippen molar-refractivity contribution in [2.45, 2.75) is 13.0 Å². The second-order valence-electron chi connectivity index (χ2n) is 6.90. The van der Waals surface area contributed by atoms with Gasteiger partial charge in [-0.05, 0) is 6.92 Å². The molecule has 0 saturated heterocycles. The van der Waals surface area contributed by atoms with Crippen molar-refractivity contribution in [1.82, 2.24) is 13.6 Å². The zero-order chi connectivity index (χ0) is 30.3. The Balaban J connectivity index is 5.18. The summed E-state index contributed by atoms with van der Waals surface area (Å²) in [5.74, 6) is -0.761. The molecule has 0 saturated carbocycles. The number of aliphatic hydroxyl groups is 1. The summed E-state index contributed by atoms with van der Waals surface area (Å²) in [6, 6.07) is 0. The molecule has 0 bridgehead atoms. The molecule has 1 atom stereocenters. The maximum atomic E-state index is 12.0. The van der Waals surface area contributed by atoms with E-state index in [1.54, 1.807) is 0 Å². The smallest absolute Gasteiger partial charge is 0.407 e. The molecule has 0 rings (SSSR count). The van der Waals surface area contributed by atoms with Gasteiger partial charge in [0, 0.05) is 5.57 Å². The van der Waals surface area contributed by atoms with E-state index in [-0.39, 0.29) is 38.5 Å². The van der Waals surface area contributed by atoms with Crippen LogP contribution in [0.15, 0.2) is 12.2 Å². The normalized spacial score (nSPS) is 13.4.